The zero-order valence-corrected chi connectivity index (χ0v) is 40.2. The van der Waals surface area contributed by atoms with Crippen LogP contribution in [0.4, 0.5) is 17.6 Å². The van der Waals surface area contributed by atoms with Crippen molar-refractivity contribution in [3.8, 4) is 67.4 Å². The predicted octanol–water partition coefficient (Wildman–Crippen LogP) is 16.4. The number of benzene rings is 10. The molecule has 10 aromatic carbocycles. The number of aromatic nitrogens is 5. The van der Waals surface area contributed by atoms with Gasteiger partial charge in [-0.15, -0.1) is 11.0 Å². The van der Waals surface area contributed by atoms with Gasteiger partial charge in [-0.25, -0.2) is 22.5 Å². The van der Waals surface area contributed by atoms with Crippen molar-refractivity contribution in [2.24, 2.45) is 0 Å². The van der Waals surface area contributed by atoms with E-state index in [9.17, 15) is 0 Å². The summed E-state index contributed by atoms with van der Waals surface area (Å²) in [5.41, 5.74) is 7.27. The fourth-order valence-electron chi connectivity index (χ4n) is 11.0. The van der Waals surface area contributed by atoms with Gasteiger partial charge in [0.25, 0.3) is 0 Å². The molecule has 346 valence electrons. The SMILES string of the molecule is Fc1cc(F)cc(-c2c3nc(nc4[n-]c(c(-c5cc(F)cc(F)c5)c5nc(cc6[n-]c2c2cc7ccccc7cc62)-c2cc6ccccc6cc2-5)c2cc5ccccc5cc42)-c2cc4ccccc4cc2-3)c1.[Pt+2]. The van der Waals surface area contributed by atoms with Crippen LogP contribution in [0, 0.1) is 23.3 Å². The van der Waals surface area contributed by atoms with E-state index in [-0.39, 0.29) is 32.2 Å². The van der Waals surface area contributed by atoms with Crippen LogP contribution in [-0.2, 0) is 21.1 Å². The fraction of sp³-hybridized carbons (Fsp3) is 0. The van der Waals surface area contributed by atoms with E-state index in [4.69, 9.17) is 24.9 Å². The Morgan fingerprint density at radius 1 is 0.329 bits per heavy atom. The van der Waals surface area contributed by atoms with E-state index < -0.39 is 23.3 Å². The molecular formula is C63H31F4N5Pt. The molecule has 10 heteroatoms. The van der Waals surface area contributed by atoms with Crippen molar-refractivity contribution in [1.29, 1.82) is 0 Å². The van der Waals surface area contributed by atoms with Crippen LogP contribution in [0.25, 0.3) is 154 Å². The normalized spacial score (nSPS) is 12.0. The van der Waals surface area contributed by atoms with Gasteiger partial charge in [-0.2, -0.15) is 0 Å². The van der Waals surface area contributed by atoms with E-state index in [1.165, 1.54) is 24.3 Å². The number of fused-ring (bicyclic) bond motifs is 24. The Hall–Kier alpha value is -8.78. The third kappa shape index (κ3) is 6.76. The molecule has 15 rings (SSSR count). The molecule has 0 fully saturated rings. The van der Waals surface area contributed by atoms with Crippen molar-refractivity contribution < 1.29 is 38.6 Å². The molecular weight excluding hydrogens is 1100 g/mol. The monoisotopic (exact) mass is 1130 g/mol. The van der Waals surface area contributed by atoms with E-state index >= 15 is 17.6 Å². The number of halogens is 4. The van der Waals surface area contributed by atoms with Crippen molar-refractivity contribution in [2.75, 3.05) is 0 Å². The molecule has 2 aliphatic heterocycles. The van der Waals surface area contributed by atoms with Crippen LogP contribution in [0.1, 0.15) is 0 Å². The molecule has 3 aromatic heterocycles. The summed E-state index contributed by atoms with van der Waals surface area (Å²) in [7, 11) is 0. The third-order valence-corrected chi connectivity index (χ3v) is 14.2. The largest absolute Gasteiger partial charge is 2.00 e. The van der Waals surface area contributed by atoms with Gasteiger partial charge in [0, 0.05) is 39.9 Å². The van der Waals surface area contributed by atoms with Crippen LogP contribution in [0.3, 0.4) is 0 Å². The Bertz CT molecular complexity index is 4430. The van der Waals surface area contributed by atoms with Crippen LogP contribution < -0.4 is 9.97 Å². The molecule has 0 atom stereocenters. The van der Waals surface area contributed by atoms with E-state index in [1.807, 2.05) is 127 Å². The minimum absolute atomic E-state index is 0. The van der Waals surface area contributed by atoms with Crippen molar-refractivity contribution in [1.82, 2.24) is 24.9 Å². The van der Waals surface area contributed by atoms with Gasteiger partial charge < -0.3 is 15.0 Å². The summed E-state index contributed by atoms with van der Waals surface area (Å²) >= 11 is 0. The molecule has 0 radical (unpaired) electrons. The van der Waals surface area contributed by atoms with Crippen LogP contribution in [0.15, 0.2) is 188 Å². The molecule has 5 nitrogen and oxygen atoms in total. The minimum atomic E-state index is -0.756. The van der Waals surface area contributed by atoms with Gasteiger partial charge in [0.05, 0.1) is 22.9 Å². The van der Waals surface area contributed by atoms with Gasteiger partial charge in [-0.1, -0.05) is 97.1 Å². The van der Waals surface area contributed by atoms with E-state index in [1.54, 1.807) is 0 Å². The summed E-state index contributed by atoms with van der Waals surface area (Å²) in [6, 6.07) is 57.3. The molecule has 0 aliphatic carbocycles. The zero-order chi connectivity index (χ0) is 47.9. The first-order chi connectivity index (χ1) is 35.2. The van der Waals surface area contributed by atoms with Crippen LogP contribution in [0.2, 0.25) is 0 Å². The topological polar surface area (TPSA) is 66.9 Å². The average molecular weight is 1130 g/mol. The van der Waals surface area contributed by atoms with Gasteiger partial charge in [0.2, 0.25) is 0 Å². The molecule has 8 bridgehead atoms. The fourth-order valence-corrected chi connectivity index (χ4v) is 11.0. The van der Waals surface area contributed by atoms with Crippen LogP contribution in [0.5, 0.6) is 0 Å². The number of nitrogens with zero attached hydrogens (tertiary/aromatic N) is 5. The second-order valence-electron chi connectivity index (χ2n) is 18.6. The number of hydrogen-bond donors (Lipinski definition) is 0. The summed E-state index contributed by atoms with van der Waals surface area (Å²) in [6.45, 7) is 0. The Morgan fingerprint density at radius 3 is 1.22 bits per heavy atom. The minimum Gasteiger partial charge on any atom is -0.656 e. The second kappa shape index (κ2) is 16.1. The third-order valence-electron chi connectivity index (χ3n) is 14.2. The van der Waals surface area contributed by atoms with E-state index in [0.717, 1.165) is 77.1 Å². The Balaban J connectivity index is 0.00000493. The summed E-state index contributed by atoms with van der Waals surface area (Å²) < 4.78 is 63.0. The summed E-state index contributed by atoms with van der Waals surface area (Å²) in [6.07, 6.45) is 0. The molecule has 0 amide bonds. The average Bonchev–Trinajstić information content (AvgIpc) is 4.11. The smallest absolute Gasteiger partial charge is 0.656 e. The maximum absolute atomic E-state index is 15.8. The maximum Gasteiger partial charge on any atom is 2.00 e. The van der Waals surface area contributed by atoms with Crippen molar-refractivity contribution in [3.63, 3.8) is 0 Å². The van der Waals surface area contributed by atoms with Gasteiger partial charge >= 0.3 is 21.1 Å². The van der Waals surface area contributed by atoms with E-state index in [0.29, 0.717) is 78.1 Å². The molecule has 5 heterocycles. The molecule has 0 saturated heterocycles. The predicted molar refractivity (Wildman–Crippen MR) is 281 cm³/mol. The van der Waals surface area contributed by atoms with Gasteiger partial charge in [-0.3, -0.25) is 4.98 Å². The summed E-state index contributed by atoms with van der Waals surface area (Å²) in [4.78, 5) is 27.1. The molecule has 2 aliphatic rings. The van der Waals surface area contributed by atoms with Gasteiger partial charge in [-0.05, 0) is 171 Å². The Kier molecular flexibility index (Phi) is 9.50. The second-order valence-corrected chi connectivity index (χ2v) is 18.6. The van der Waals surface area contributed by atoms with Crippen molar-refractivity contribution in [3.05, 3.63) is 211 Å². The number of hydrogen-bond acceptors (Lipinski definition) is 3. The standard InChI is InChI=1S/C63H31F4N5.Pt/c64-42-17-40(18-43(65)29-42)56-58-48-23-34-11-3-1-9-32(34)21-46(48)54(68-58)31-55-47-22-33-10-2-4-12-35(33)24-49(47)59(69-55)57(41-19-44(66)30-45(67)20-41)61-51-26-37-14-6-8-16-39(37)28-53(51)63(71-61)72-62-52-27-38-15-7-5-13-36(38)25-50(52)60(56)70-62;/h1-31H;/q-2;+2. The molecule has 0 saturated carbocycles. The Labute approximate surface area is 426 Å². The zero-order valence-electron chi connectivity index (χ0n) is 38.0. The first kappa shape index (κ1) is 43.0. The number of rotatable bonds is 2. The first-order valence-electron chi connectivity index (χ1n) is 23.5. The van der Waals surface area contributed by atoms with Crippen molar-refractivity contribution in [2.45, 2.75) is 0 Å². The maximum atomic E-state index is 15.8. The summed E-state index contributed by atoms with van der Waals surface area (Å²) in [5, 5.41) is 10.3. The first-order valence-corrected chi connectivity index (χ1v) is 23.5. The quantitative estimate of drug-likeness (QED) is 0.161. The van der Waals surface area contributed by atoms with Crippen molar-refractivity contribution >= 4 is 86.8 Å². The Morgan fingerprint density at radius 2 is 0.712 bits per heavy atom. The van der Waals surface area contributed by atoms with Gasteiger partial charge in [0.1, 0.15) is 23.3 Å². The molecule has 0 unspecified atom stereocenters. The van der Waals surface area contributed by atoms with E-state index in [2.05, 4.69) is 24.3 Å². The summed E-state index contributed by atoms with van der Waals surface area (Å²) in [5.74, 6) is -2.71. The van der Waals surface area contributed by atoms with Gasteiger partial charge in [0.15, 0.2) is 0 Å². The van der Waals surface area contributed by atoms with Crippen LogP contribution in [-0.4, -0.2) is 15.0 Å². The van der Waals surface area contributed by atoms with Crippen LogP contribution >= 0.6 is 0 Å². The molecule has 0 N–H and O–H groups in total. The molecule has 13 aromatic rings. The molecule has 0 spiro atoms. The molecule has 73 heavy (non-hydrogen) atoms.